The maximum atomic E-state index is 11.3. The summed E-state index contributed by atoms with van der Waals surface area (Å²) in [5.41, 5.74) is 2.03. The van der Waals surface area contributed by atoms with Crippen molar-refractivity contribution >= 4 is 17.6 Å². The number of carbonyl (C=O) groups excluding carboxylic acids is 1. The molecule has 0 heterocycles. The minimum absolute atomic E-state index is 0.0155. The summed E-state index contributed by atoms with van der Waals surface area (Å²) < 4.78 is 33.5. The number of ether oxygens (including phenoxy) is 2. The number of nitriles is 1. The Bertz CT molecular complexity index is 1150. The van der Waals surface area contributed by atoms with Gasteiger partial charge in [-0.15, -0.1) is 4.41 Å². The number of nitrogens with two attached hydrogens (primary N) is 1. The molecule has 1 aliphatic rings. The van der Waals surface area contributed by atoms with Crippen molar-refractivity contribution in [3.05, 3.63) is 95.8 Å². The highest BCUT2D eigenvalue weighted by atomic mass is 32.2. The molecule has 0 bridgehead atoms. The number of carbonyl (C=O) groups is 1. The van der Waals surface area contributed by atoms with Crippen molar-refractivity contribution < 1.29 is 23.0 Å². The molecular weight excluding hydrogens is 466 g/mol. The first-order valence-corrected chi connectivity index (χ1v) is 12.1. The van der Waals surface area contributed by atoms with Gasteiger partial charge in [-0.3, -0.25) is 10.4 Å². The molecule has 3 rings (SSSR count). The van der Waals surface area contributed by atoms with Gasteiger partial charge in [-0.2, -0.15) is 5.26 Å². The highest BCUT2D eigenvalue weighted by Gasteiger charge is 2.22. The van der Waals surface area contributed by atoms with E-state index in [9.17, 15) is 13.6 Å². The summed E-state index contributed by atoms with van der Waals surface area (Å²) in [6.07, 6.45) is 8.39. The summed E-state index contributed by atoms with van der Waals surface area (Å²) in [7, 11) is 0. The van der Waals surface area contributed by atoms with E-state index in [1.165, 1.54) is 0 Å². The van der Waals surface area contributed by atoms with E-state index in [0.717, 1.165) is 9.99 Å². The van der Waals surface area contributed by atoms with Gasteiger partial charge in [-0.1, -0.05) is 30.9 Å². The molecule has 0 radical (unpaired) electrons. The third-order valence-corrected chi connectivity index (χ3v) is 6.10. The van der Waals surface area contributed by atoms with E-state index in [4.69, 9.17) is 20.6 Å². The lowest BCUT2D eigenvalue weighted by Crippen LogP contribution is -2.36. The fraction of sp³-hybridized carbons (Fsp3) is 0.231. The zero-order chi connectivity index (χ0) is 25.2. The molecule has 0 spiro atoms. The number of hydrazine groups is 1. The minimum atomic E-state index is -2.40. The van der Waals surface area contributed by atoms with Gasteiger partial charge in [0.15, 0.2) is 0 Å². The van der Waals surface area contributed by atoms with Gasteiger partial charge in [0.2, 0.25) is 11.3 Å². The second kappa shape index (κ2) is 12.8. The van der Waals surface area contributed by atoms with Crippen LogP contribution >= 0.6 is 0 Å². The Balaban J connectivity index is 1.62. The molecule has 2 aromatic carbocycles. The average Bonchev–Trinajstić information content (AvgIpc) is 2.95. The van der Waals surface area contributed by atoms with Crippen molar-refractivity contribution in [1.82, 2.24) is 4.41 Å². The highest BCUT2D eigenvalue weighted by Crippen LogP contribution is 2.27. The van der Waals surface area contributed by atoms with Gasteiger partial charge in [0, 0.05) is 12.8 Å². The Morgan fingerprint density at radius 2 is 1.91 bits per heavy atom. The lowest BCUT2D eigenvalue weighted by molar-refractivity contribution is -0.108. The van der Waals surface area contributed by atoms with Gasteiger partial charge in [-0.05, 0) is 66.5 Å². The standard InChI is InChI=1S/C26H27N3O5S/c1-19-6-11-22(4-2-3-5-26(19)34-24-12-7-20(18-27)8-13-24)33-23-14-9-21(10-15-23)25(16-17-30)29(28)35(31)32/h2-3,5,7-10,12-15,17,22,25H,1,4,6,11,16,28H2,(H,31,32)/b3-2-,26-5?/t22-,25?/m0/s1. The van der Waals surface area contributed by atoms with E-state index in [-0.39, 0.29) is 12.5 Å². The summed E-state index contributed by atoms with van der Waals surface area (Å²) in [5, 5.41) is 8.95. The fourth-order valence-electron chi connectivity index (χ4n) is 3.57. The van der Waals surface area contributed by atoms with Crippen molar-refractivity contribution in [2.24, 2.45) is 5.84 Å². The van der Waals surface area contributed by atoms with Crippen LogP contribution in [0.2, 0.25) is 0 Å². The second-order valence-corrected chi connectivity index (χ2v) is 8.78. The maximum absolute atomic E-state index is 11.3. The van der Waals surface area contributed by atoms with E-state index in [1.54, 1.807) is 48.5 Å². The quantitative estimate of drug-likeness (QED) is 0.228. The average molecular weight is 494 g/mol. The van der Waals surface area contributed by atoms with Gasteiger partial charge < -0.3 is 14.3 Å². The topological polar surface area (TPSA) is 126 Å². The molecule has 0 fully saturated rings. The van der Waals surface area contributed by atoms with Crippen LogP contribution in [0.1, 0.15) is 42.9 Å². The van der Waals surface area contributed by atoms with Crippen LogP contribution in [0.4, 0.5) is 0 Å². The molecule has 3 N–H and O–H groups in total. The summed E-state index contributed by atoms with van der Waals surface area (Å²) in [6, 6.07) is 15.2. The molecule has 0 amide bonds. The van der Waals surface area contributed by atoms with Gasteiger partial charge in [0.25, 0.3) is 0 Å². The molecule has 1 aliphatic carbocycles. The van der Waals surface area contributed by atoms with E-state index < -0.39 is 17.3 Å². The van der Waals surface area contributed by atoms with Crippen LogP contribution in [0.25, 0.3) is 0 Å². The second-order valence-electron chi connectivity index (χ2n) is 7.89. The molecule has 0 saturated carbocycles. The van der Waals surface area contributed by atoms with Crippen LogP contribution in [0.15, 0.2) is 84.7 Å². The molecule has 2 unspecified atom stereocenters. The van der Waals surface area contributed by atoms with E-state index in [2.05, 4.69) is 12.6 Å². The predicted molar refractivity (Wildman–Crippen MR) is 133 cm³/mol. The Kier molecular flexibility index (Phi) is 9.52. The third-order valence-electron chi connectivity index (χ3n) is 5.49. The van der Waals surface area contributed by atoms with Crippen molar-refractivity contribution in [1.29, 1.82) is 5.26 Å². The maximum Gasteiger partial charge on any atom is 0.249 e. The molecule has 3 atom stereocenters. The fourth-order valence-corrected chi connectivity index (χ4v) is 3.99. The molecule has 0 aliphatic heterocycles. The number of hydrogen-bond donors (Lipinski definition) is 2. The number of rotatable bonds is 9. The van der Waals surface area contributed by atoms with Crippen molar-refractivity contribution in [2.75, 3.05) is 0 Å². The number of hydrogen-bond acceptors (Lipinski definition) is 6. The highest BCUT2D eigenvalue weighted by molar-refractivity contribution is 7.76. The normalized spacial score (nSPS) is 18.7. The lowest BCUT2D eigenvalue weighted by Gasteiger charge is -2.23. The molecule has 2 aromatic rings. The monoisotopic (exact) mass is 493 g/mol. The van der Waals surface area contributed by atoms with Gasteiger partial charge >= 0.3 is 0 Å². The molecule has 0 aromatic heterocycles. The minimum Gasteiger partial charge on any atom is -0.490 e. The largest absolute Gasteiger partial charge is 0.490 e. The van der Waals surface area contributed by atoms with Crippen molar-refractivity contribution in [2.45, 2.75) is 37.8 Å². The third kappa shape index (κ3) is 7.47. The van der Waals surface area contributed by atoms with Gasteiger partial charge in [0.05, 0.1) is 17.7 Å². The van der Waals surface area contributed by atoms with Crippen LogP contribution in [0.3, 0.4) is 0 Å². The number of benzene rings is 2. The Morgan fingerprint density at radius 1 is 1.23 bits per heavy atom. The summed E-state index contributed by atoms with van der Waals surface area (Å²) in [4.78, 5) is 11.0. The van der Waals surface area contributed by atoms with Crippen molar-refractivity contribution in [3.8, 4) is 17.6 Å². The van der Waals surface area contributed by atoms with E-state index >= 15 is 0 Å². The molecule has 182 valence electrons. The van der Waals surface area contributed by atoms with Crippen LogP contribution in [-0.4, -0.2) is 25.6 Å². The predicted octanol–water partition coefficient (Wildman–Crippen LogP) is 4.51. The molecule has 0 saturated heterocycles. The zero-order valence-electron chi connectivity index (χ0n) is 19.1. The first-order valence-electron chi connectivity index (χ1n) is 11.0. The van der Waals surface area contributed by atoms with Gasteiger partial charge in [-0.25, -0.2) is 4.21 Å². The number of aldehydes is 1. The first kappa shape index (κ1) is 26.1. The Hall–Kier alpha value is -3.55. The smallest absolute Gasteiger partial charge is 0.249 e. The summed E-state index contributed by atoms with van der Waals surface area (Å²) >= 11 is -2.40. The van der Waals surface area contributed by atoms with Crippen LogP contribution in [-0.2, 0) is 16.1 Å². The van der Waals surface area contributed by atoms with E-state index in [1.807, 2.05) is 18.2 Å². The molecular formula is C26H27N3O5S. The number of nitrogens with zero attached hydrogens (tertiary/aromatic N) is 2. The Labute approximate surface area is 207 Å². The van der Waals surface area contributed by atoms with Crippen LogP contribution in [0, 0.1) is 11.3 Å². The number of allylic oxidation sites excluding steroid dienone is 3. The first-order chi connectivity index (χ1) is 16.9. The SMILES string of the molecule is C=C1CC[C@@H](Oc2ccc(C(CC=O)N(N)S(=O)O)cc2)C/C=C\C=C1Oc1ccc(C#N)cc1. The molecule has 8 nitrogen and oxygen atoms in total. The zero-order valence-corrected chi connectivity index (χ0v) is 19.9. The van der Waals surface area contributed by atoms with Crippen molar-refractivity contribution in [3.63, 3.8) is 0 Å². The van der Waals surface area contributed by atoms with Gasteiger partial charge in [0.1, 0.15) is 29.6 Å². The van der Waals surface area contributed by atoms with Crippen LogP contribution < -0.4 is 15.3 Å². The molecule has 35 heavy (non-hydrogen) atoms. The van der Waals surface area contributed by atoms with E-state index in [0.29, 0.717) is 53.9 Å². The summed E-state index contributed by atoms with van der Waals surface area (Å²) in [5.74, 6) is 7.57. The lowest BCUT2D eigenvalue weighted by atomic mass is 10.0. The van der Waals surface area contributed by atoms with Crippen LogP contribution in [0.5, 0.6) is 11.5 Å². The summed E-state index contributed by atoms with van der Waals surface area (Å²) in [6.45, 7) is 4.16. The Morgan fingerprint density at radius 3 is 2.54 bits per heavy atom. The molecule has 9 heteroatoms.